The van der Waals surface area contributed by atoms with Gasteiger partial charge in [0, 0.05) is 6.07 Å². The van der Waals surface area contributed by atoms with Crippen molar-refractivity contribution in [3.05, 3.63) is 42.0 Å². The molecule has 0 fully saturated rings. The highest BCUT2D eigenvalue weighted by Crippen LogP contribution is 2.07. The van der Waals surface area contributed by atoms with Crippen LogP contribution < -0.4 is 0 Å². The summed E-state index contributed by atoms with van der Waals surface area (Å²) in [6.07, 6.45) is 1.14. The van der Waals surface area contributed by atoms with Gasteiger partial charge in [0.05, 0.1) is 0 Å². The van der Waals surface area contributed by atoms with E-state index in [-0.39, 0.29) is 0 Å². The maximum Gasteiger partial charge on any atom is 0.126 e. The Bertz CT molecular complexity index is 233. The molecule has 0 aliphatic carbocycles. The molecule has 0 spiro atoms. The maximum absolute atomic E-state index is 12.3. The summed E-state index contributed by atoms with van der Waals surface area (Å²) in [5, 5.41) is 0. The molecule has 0 N–H and O–H groups in total. The molecule has 0 aliphatic heterocycles. The van der Waals surface area contributed by atoms with E-state index in [0.717, 1.165) is 24.3 Å². The van der Waals surface area contributed by atoms with E-state index in [1.54, 1.807) is 0 Å². The molecule has 1 aromatic carbocycles. The van der Waals surface area contributed by atoms with Gasteiger partial charge in [-0.25, -0.2) is 8.78 Å². The fourth-order valence-electron chi connectivity index (χ4n) is 0.671. The van der Waals surface area contributed by atoms with Gasteiger partial charge in [0.1, 0.15) is 11.6 Å². The number of halogens is 2. The number of rotatable bonds is 1. The molecule has 1 rings (SSSR count). The van der Waals surface area contributed by atoms with Crippen LogP contribution >= 0.6 is 0 Å². The molecule has 0 bridgehead atoms. The first-order valence-corrected chi connectivity index (χ1v) is 2.73. The van der Waals surface area contributed by atoms with Crippen LogP contribution in [-0.4, -0.2) is 0 Å². The van der Waals surface area contributed by atoms with Crippen molar-refractivity contribution in [2.45, 2.75) is 0 Å². The molecule has 1 radical (unpaired) electrons. The summed E-state index contributed by atoms with van der Waals surface area (Å²) >= 11 is 0. The van der Waals surface area contributed by atoms with Gasteiger partial charge >= 0.3 is 0 Å². The van der Waals surface area contributed by atoms with Crippen LogP contribution in [0.4, 0.5) is 8.78 Å². The lowest BCUT2D eigenvalue weighted by Crippen LogP contribution is -1.80. The molecule has 0 nitrogen and oxygen atoms in total. The topological polar surface area (TPSA) is 0 Å². The minimum atomic E-state index is -0.614. The van der Waals surface area contributed by atoms with Crippen LogP contribution in [0.5, 0.6) is 0 Å². The Morgan fingerprint density at radius 3 is 2.00 bits per heavy atom. The zero-order valence-electron chi connectivity index (χ0n) is 5.14. The van der Waals surface area contributed by atoms with Gasteiger partial charge in [-0.3, -0.25) is 0 Å². The highest BCUT2D eigenvalue weighted by atomic mass is 19.1. The van der Waals surface area contributed by atoms with Crippen LogP contribution in [0.3, 0.4) is 0 Å². The van der Waals surface area contributed by atoms with Crippen LogP contribution in [0.2, 0.25) is 0 Å². The first-order chi connectivity index (χ1) is 4.72. The number of hydrogen-bond donors (Lipinski definition) is 0. The van der Waals surface area contributed by atoms with Crippen molar-refractivity contribution >= 4 is 6.08 Å². The first-order valence-electron chi connectivity index (χ1n) is 2.73. The predicted octanol–water partition coefficient (Wildman–Crippen LogP) is 2.41. The molecule has 0 aliphatic rings. The highest BCUT2D eigenvalue weighted by Gasteiger charge is 1.95. The molecule has 0 saturated heterocycles. The van der Waals surface area contributed by atoms with Gasteiger partial charge in [-0.2, -0.15) is 0 Å². The van der Waals surface area contributed by atoms with Gasteiger partial charge < -0.3 is 0 Å². The summed E-state index contributed by atoms with van der Waals surface area (Å²) in [4.78, 5) is 0. The zero-order chi connectivity index (χ0) is 7.56. The second-order valence-corrected chi connectivity index (χ2v) is 1.87. The standard InChI is InChI=1S/C8H5F2/c1-2-6-3-7(9)5-8(10)4-6/h1-5H. The smallest absolute Gasteiger partial charge is 0.126 e. The van der Waals surface area contributed by atoms with Gasteiger partial charge in [-0.05, 0) is 17.7 Å². The molecular formula is C8H5F2. The van der Waals surface area contributed by atoms with E-state index < -0.39 is 11.6 Å². The van der Waals surface area contributed by atoms with Gasteiger partial charge in [0.2, 0.25) is 0 Å². The van der Waals surface area contributed by atoms with Crippen molar-refractivity contribution < 1.29 is 8.78 Å². The second kappa shape index (κ2) is 2.60. The van der Waals surface area contributed by atoms with Gasteiger partial charge in [-0.15, -0.1) is 0 Å². The molecule has 0 atom stereocenters. The lowest BCUT2D eigenvalue weighted by atomic mass is 10.2. The monoisotopic (exact) mass is 139 g/mol. The normalized spacial score (nSPS) is 9.40. The van der Waals surface area contributed by atoms with Crippen molar-refractivity contribution in [3.63, 3.8) is 0 Å². The van der Waals surface area contributed by atoms with Gasteiger partial charge in [0.25, 0.3) is 0 Å². The average Bonchev–Trinajstić information content (AvgIpc) is 1.85. The van der Waals surface area contributed by atoms with Gasteiger partial charge in [-0.1, -0.05) is 12.7 Å². The fourth-order valence-corrected chi connectivity index (χ4v) is 0.671. The summed E-state index contributed by atoms with van der Waals surface area (Å²) < 4.78 is 24.6. The quantitative estimate of drug-likeness (QED) is 0.560. The van der Waals surface area contributed by atoms with E-state index in [1.165, 1.54) is 0 Å². The first kappa shape index (κ1) is 6.93. The van der Waals surface area contributed by atoms with E-state index in [0.29, 0.717) is 5.56 Å². The third-order valence-corrected chi connectivity index (χ3v) is 1.08. The van der Waals surface area contributed by atoms with E-state index in [9.17, 15) is 8.78 Å². The fraction of sp³-hybridized carbons (Fsp3) is 0. The van der Waals surface area contributed by atoms with Crippen molar-refractivity contribution in [2.24, 2.45) is 0 Å². The van der Waals surface area contributed by atoms with E-state index in [1.807, 2.05) is 0 Å². The van der Waals surface area contributed by atoms with Crippen LogP contribution in [0.15, 0.2) is 18.2 Å². The van der Waals surface area contributed by atoms with Crippen LogP contribution in [-0.2, 0) is 0 Å². The molecule has 0 amide bonds. The summed E-state index contributed by atoms with van der Waals surface area (Å²) in [5.41, 5.74) is 0.345. The van der Waals surface area contributed by atoms with E-state index in [2.05, 4.69) is 0 Å². The van der Waals surface area contributed by atoms with Crippen LogP contribution in [0.1, 0.15) is 5.56 Å². The maximum atomic E-state index is 12.3. The van der Waals surface area contributed by atoms with E-state index in [4.69, 9.17) is 6.58 Å². The Morgan fingerprint density at radius 1 is 1.10 bits per heavy atom. The van der Waals surface area contributed by atoms with Crippen molar-refractivity contribution in [1.29, 1.82) is 0 Å². The summed E-state index contributed by atoms with van der Waals surface area (Å²) in [7, 11) is 0. The van der Waals surface area contributed by atoms with Gasteiger partial charge in [0.15, 0.2) is 0 Å². The number of hydrogen-bond acceptors (Lipinski definition) is 0. The van der Waals surface area contributed by atoms with Crippen molar-refractivity contribution in [2.75, 3.05) is 0 Å². The highest BCUT2D eigenvalue weighted by molar-refractivity contribution is 5.45. The summed E-state index contributed by atoms with van der Waals surface area (Å²) in [5.74, 6) is -1.23. The minimum absolute atomic E-state index is 0.345. The molecule has 2 heteroatoms. The second-order valence-electron chi connectivity index (χ2n) is 1.87. The molecule has 0 aromatic heterocycles. The van der Waals surface area contributed by atoms with E-state index >= 15 is 0 Å². The Kier molecular flexibility index (Phi) is 1.81. The SMILES string of the molecule is [CH]=Cc1cc(F)cc(F)c1. The molecule has 0 saturated carbocycles. The summed E-state index contributed by atoms with van der Waals surface area (Å²) in [6.45, 7) is 5.03. The predicted molar refractivity (Wildman–Crippen MR) is 35.1 cm³/mol. The Morgan fingerprint density at radius 2 is 1.60 bits per heavy atom. The van der Waals surface area contributed by atoms with Crippen molar-refractivity contribution in [3.8, 4) is 0 Å². The van der Waals surface area contributed by atoms with Crippen LogP contribution in [0.25, 0.3) is 6.08 Å². The summed E-state index contributed by atoms with van der Waals surface area (Å²) in [6, 6.07) is 3.11. The average molecular weight is 139 g/mol. The Balaban J connectivity index is 3.18. The third kappa shape index (κ3) is 1.41. The molecule has 0 unspecified atom stereocenters. The lowest BCUT2D eigenvalue weighted by molar-refractivity contribution is 0.583. The largest absolute Gasteiger partial charge is 0.207 e. The Labute approximate surface area is 57.8 Å². The zero-order valence-corrected chi connectivity index (χ0v) is 5.14. The lowest BCUT2D eigenvalue weighted by Gasteiger charge is -1.92. The molecule has 1 aromatic rings. The van der Waals surface area contributed by atoms with Crippen LogP contribution in [0, 0.1) is 18.2 Å². The minimum Gasteiger partial charge on any atom is -0.207 e. The molecule has 10 heavy (non-hydrogen) atoms. The Hall–Kier alpha value is -1.18. The number of benzene rings is 1. The molecular weight excluding hydrogens is 134 g/mol. The van der Waals surface area contributed by atoms with Crippen molar-refractivity contribution in [1.82, 2.24) is 0 Å². The molecule has 51 valence electrons. The third-order valence-electron chi connectivity index (χ3n) is 1.08. The molecule has 0 heterocycles.